The first-order valence-corrected chi connectivity index (χ1v) is 7.65. The smallest absolute Gasteiger partial charge is 0.0346 e. The topological polar surface area (TPSA) is 12.9 Å². The maximum absolute atomic E-state index is 4.43. The largest absolute Gasteiger partial charge is 0.264 e. The van der Waals surface area contributed by atoms with Crippen molar-refractivity contribution in [1.29, 1.82) is 0 Å². The van der Waals surface area contributed by atoms with E-state index in [1.54, 1.807) is 0 Å². The molecule has 2 aromatic carbocycles. The van der Waals surface area contributed by atoms with E-state index in [0.29, 0.717) is 0 Å². The number of pyridine rings is 1. The SMILES string of the molecule is CC(C)(C)c1cncc(-c2cccc(-c3ccccc3)c2)c1. The van der Waals surface area contributed by atoms with Gasteiger partial charge in [-0.15, -0.1) is 0 Å². The van der Waals surface area contributed by atoms with Gasteiger partial charge in [-0.25, -0.2) is 0 Å². The van der Waals surface area contributed by atoms with Gasteiger partial charge >= 0.3 is 0 Å². The van der Waals surface area contributed by atoms with Crippen molar-refractivity contribution >= 4 is 0 Å². The normalized spacial score (nSPS) is 11.4. The number of nitrogens with zero attached hydrogens (tertiary/aromatic N) is 1. The van der Waals surface area contributed by atoms with E-state index < -0.39 is 0 Å². The first kappa shape index (κ1) is 14.5. The summed E-state index contributed by atoms with van der Waals surface area (Å²) in [5.41, 5.74) is 6.23. The Balaban J connectivity index is 2.03. The average Bonchev–Trinajstić information content (AvgIpc) is 2.55. The van der Waals surface area contributed by atoms with Gasteiger partial charge in [-0.05, 0) is 39.8 Å². The number of hydrogen-bond donors (Lipinski definition) is 0. The van der Waals surface area contributed by atoms with Crippen LogP contribution in [0, 0.1) is 0 Å². The van der Waals surface area contributed by atoms with Gasteiger partial charge in [0.25, 0.3) is 0 Å². The lowest BCUT2D eigenvalue weighted by atomic mass is 9.87. The van der Waals surface area contributed by atoms with Gasteiger partial charge in [0.1, 0.15) is 0 Å². The summed E-state index contributed by atoms with van der Waals surface area (Å²) in [6, 6.07) is 21.4. The van der Waals surface area contributed by atoms with Crippen molar-refractivity contribution in [2.45, 2.75) is 26.2 Å². The van der Waals surface area contributed by atoms with Gasteiger partial charge in [-0.3, -0.25) is 4.98 Å². The highest BCUT2D eigenvalue weighted by molar-refractivity contribution is 5.72. The summed E-state index contributed by atoms with van der Waals surface area (Å²) in [5, 5.41) is 0. The van der Waals surface area contributed by atoms with Crippen LogP contribution in [-0.2, 0) is 5.41 Å². The molecule has 110 valence electrons. The van der Waals surface area contributed by atoms with E-state index in [1.807, 2.05) is 18.5 Å². The summed E-state index contributed by atoms with van der Waals surface area (Å²) in [4.78, 5) is 4.43. The molecule has 1 nitrogen and oxygen atoms in total. The summed E-state index contributed by atoms with van der Waals surface area (Å²) in [5.74, 6) is 0. The fourth-order valence-electron chi connectivity index (χ4n) is 2.52. The molecule has 0 atom stereocenters. The lowest BCUT2D eigenvalue weighted by molar-refractivity contribution is 0.588. The van der Waals surface area contributed by atoms with Crippen molar-refractivity contribution < 1.29 is 0 Å². The minimum Gasteiger partial charge on any atom is -0.264 e. The molecule has 22 heavy (non-hydrogen) atoms. The van der Waals surface area contributed by atoms with E-state index in [1.165, 1.54) is 27.8 Å². The fourth-order valence-corrected chi connectivity index (χ4v) is 2.52. The molecule has 1 heteroatoms. The second-order valence-corrected chi connectivity index (χ2v) is 6.66. The Hall–Kier alpha value is -2.41. The number of rotatable bonds is 2. The zero-order valence-corrected chi connectivity index (χ0v) is 13.4. The zero-order valence-electron chi connectivity index (χ0n) is 13.4. The zero-order chi connectivity index (χ0) is 15.6. The predicted molar refractivity (Wildman–Crippen MR) is 93.8 cm³/mol. The van der Waals surface area contributed by atoms with Gasteiger partial charge < -0.3 is 0 Å². The molecule has 0 fully saturated rings. The van der Waals surface area contributed by atoms with Gasteiger partial charge in [0.15, 0.2) is 0 Å². The molecule has 1 aromatic heterocycles. The first-order chi connectivity index (χ1) is 10.5. The van der Waals surface area contributed by atoms with Crippen LogP contribution in [0.4, 0.5) is 0 Å². The Bertz CT molecular complexity index is 767. The average molecular weight is 287 g/mol. The number of benzene rings is 2. The lowest BCUT2D eigenvalue weighted by Gasteiger charge is -2.19. The molecule has 0 unspecified atom stereocenters. The van der Waals surface area contributed by atoms with E-state index in [4.69, 9.17) is 0 Å². The van der Waals surface area contributed by atoms with Crippen LogP contribution in [0.3, 0.4) is 0 Å². The van der Waals surface area contributed by atoms with Crippen LogP contribution in [0.1, 0.15) is 26.3 Å². The molecule has 0 aliphatic carbocycles. The quantitative estimate of drug-likeness (QED) is 0.588. The van der Waals surface area contributed by atoms with E-state index in [9.17, 15) is 0 Å². The molecule has 0 saturated carbocycles. The molecule has 0 N–H and O–H groups in total. The van der Waals surface area contributed by atoms with Crippen LogP contribution in [0.2, 0.25) is 0 Å². The molecule has 0 radical (unpaired) electrons. The van der Waals surface area contributed by atoms with E-state index in [2.05, 4.69) is 80.4 Å². The molecule has 0 aliphatic heterocycles. The number of hydrogen-bond acceptors (Lipinski definition) is 1. The Labute approximate surface area is 132 Å². The molecule has 0 bridgehead atoms. The fraction of sp³-hybridized carbons (Fsp3) is 0.190. The second kappa shape index (κ2) is 5.76. The van der Waals surface area contributed by atoms with Gasteiger partial charge in [-0.1, -0.05) is 69.3 Å². The summed E-state index contributed by atoms with van der Waals surface area (Å²) in [7, 11) is 0. The van der Waals surface area contributed by atoms with Crippen molar-refractivity contribution in [3.05, 3.63) is 78.6 Å². The minimum atomic E-state index is 0.111. The first-order valence-electron chi connectivity index (χ1n) is 7.65. The Morgan fingerprint density at radius 1 is 0.636 bits per heavy atom. The predicted octanol–water partition coefficient (Wildman–Crippen LogP) is 5.71. The van der Waals surface area contributed by atoms with Crippen LogP contribution >= 0.6 is 0 Å². The van der Waals surface area contributed by atoms with Gasteiger partial charge in [-0.2, -0.15) is 0 Å². The highest BCUT2D eigenvalue weighted by Gasteiger charge is 2.14. The highest BCUT2D eigenvalue weighted by atomic mass is 14.6. The van der Waals surface area contributed by atoms with Gasteiger partial charge in [0.2, 0.25) is 0 Å². The molecule has 1 heterocycles. The maximum atomic E-state index is 4.43. The van der Waals surface area contributed by atoms with E-state index in [0.717, 1.165) is 0 Å². The standard InChI is InChI=1S/C21H21N/c1-21(2,3)20-13-19(14-22-15-20)18-11-7-10-17(12-18)16-8-5-4-6-9-16/h4-15H,1-3H3. The monoisotopic (exact) mass is 287 g/mol. The number of aromatic nitrogens is 1. The molecule has 0 aliphatic rings. The third kappa shape index (κ3) is 3.09. The molecular formula is C21H21N. The molecule has 0 spiro atoms. The van der Waals surface area contributed by atoms with E-state index >= 15 is 0 Å². The Morgan fingerprint density at radius 3 is 1.95 bits per heavy atom. The van der Waals surface area contributed by atoms with Crippen LogP contribution in [0.25, 0.3) is 22.3 Å². The summed E-state index contributed by atoms with van der Waals surface area (Å²) >= 11 is 0. The third-order valence-corrected chi connectivity index (χ3v) is 3.91. The Morgan fingerprint density at radius 2 is 1.27 bits per heavy atom. The summed E-state index contributed by atoms with van der Waals surface area (Å²) < 4.78 is 0. The van der Waals surface area contributed by atoms with Crippen LogP contribution in [-0.4, -0.2) is 4.98 Å². The van der Waals surface area contributed by atoms with Crippen LogP contribution < -0.4 is 0 Å². The van der Waals surface area contributed by atoms with Crippen molar-refractivity contribution in [3.63, 3.8) is 0 Å². The molecule has 3 aromatic rings. The van der Waals surface area contributed by atoms with E-state index in [-0.39, 0.29) is 5.41 Å². The minimum absolute atomic E-state index is 0.111. The van der Waals surface area contributed by atoms with Crippen LogP contribution in [0.15, 0.2) is 73.1 Å². The molecular weight excluding hydrogens is 266 g/mol. The maximum Gasteiger partial charge on any atom is 0.0346 e. The van der Waals surface area contributed by atoms with Crippen molar-refractivity contribution in [2.75, 3.05) is 0 Å². The Kier molecular flexibility index (Phi) is 3.81. The van der Waals surface area contributed by atoms with Gasteiger partial charge in [0, 0.05) is 18.0 Å². The third-order valence-electron chi connectivity index (χ3n) is 3.91. The summed E-state index contributed by atoms with van der Waals surface area (Å²) in [6.07, 6.45) is 3.91. The van der Waals surface area contributed by atoms with Crippen molar-refractivity contribution in [3.8, 4) is 22.3 Å². The molecule has 3 rings (SSSR count). The lowest BCUT2D eigenvalue weighted by Crippen LogP contribution is -2.11. The van der Waals surface area contributed by atoms with Crippen molar-refractivity contribution in [1.82, 2.24) is 4.98 Å². The molecule has 0 amide bonds. The second-order valence-electron chi connectivity index (χ2n) is 6.66. The van der Waals surface area contributed by atoms with Gasteiger partial charge in [0.05, 0.1) is 0 Å². The van der Waals surface area contributed by atoms with Crippen molar-refractivity contribution in [2.24, 2.45) is 0 Å². The molecule has 0 saturated heterocycles. The summed E-state index contributed by atoms with van der Waals surface area (Å²) in [6.45, 7) is 6.65. The highest BCUT2D eigenvalue weighted by Crippen LogP contribution is 2.29. The van der Waals surface area contributed by atoms with Crippen LogP contribution in [0.5, 0.6) is 0 Å².